The van der Waals surface area contributed by atoms with Crippen molar-refractivity contribution in [3.05, 3.63) is 0 Å². The first-order chi connectivity index (χ1) is 7.41. The average molecular weight is 215 g/mol. The molecule has 0 radical (unpaired) electrons. The van der Waals surface area contributed by atoms with E-state index >= 15 is 0 Å². The number of rotatable bonds is 12. The molecule has 3 heteroatoms. The predicted molar refractivity (Wildman–Crippen MR) is 67.9 cm³/mol. The summed E-state index contributed by atoms with van der Waals surface area (Å²) in [4.78, 5) is 0. The van der Waals surface area contributed by atoms with Gasteiger partial charge in [-0.2, -0.15) is 0 Å². The topological polar surface area (TPSA) is 50.1 Å². The molecule has 0 aliphatic heterocycles. The van der Waals surface area contributed by atoms with Crippen LogP contribution in [0.15, 0.2) is 0 Å². The Morgan fingerprint density at radius 3 is 2.07 bits per heavy atom. The molecule has 92 valence electrons. The maximum atomic E-state index is 5.32. The highest BCUT2D eigenvalue weighted by Crippen LogP contribution is 2.03. The molecule has 0 heterocycles. The third kappa shape index (κ3) is 13.9. The summed E-state index contributed by atoms with van der Waals surface area (Å²) in [6, 6.07) is 0. The van der Waals surface area contributed by atoms with Crippen LogP contribution >= 0.6 is 0 Å². The third-order valence-corrected chi connectivity index (χ3v) is 2.56. The normalized spacial score (nSPS) is 10.8. The molecule has 0 saturated heterocycles. The van der Waals surface area contributed by atoms with Crippen LogP contribution in [-0.2, 0) is 0 Å². The van der Waals surface area contributed by atoms with Crippen molar-refractivity contribution in [1.82, 2.24) is 10.6 Å². The SMILES string of the molecule is CCCCCCCCNCCCNCN. The van der Waals surface area contributed by atoms with Crippen LogP contribution in [0.5, 0.6) is 0 Å². The van der Waals surface area contributed by atoms with Crippen LogP contribution < -0.4 is 16.4 Å². The van der Waals surface area contributed by atoms with E-state index in [1.54, 1.807) is 0 Å². The zero-order valence-corrected chi connectivity index (χ0v) is 10.4. The van der Waals surface area contributed by atoms with E-state index in [1.807, 2.05) is 0 Å². The van der Waals surface area contributed by atoms with Crippen molar-refractivity contribution in [2.24, 2.45) is 5.73 Å². The molecule has 0 aliphatic carbocycles. The van der Waals surface area contributed by atoms with Gasteiger partial charge in [-0.05, 0) is 32.5 Å². The van der Waals surface area contributed by atoms with Crippen LogP contribution in [0.25, 0.3) is 0 Å². The van der Waals surface area contributed by atoms with E-state index in [0.717, 1.165) is 13.1 Å². The molecule has 0 rings (SSSR count). The molecular weight excluding hydrogens is 186 g/mol. The molecule has 0 saturated carbocycles. The second-order valence-electron chi connectivity index (χ2n) is 4.08. The first kappa shape index (κ1) is 14.9. The Hall–Kier alpha value is -0.120. The molecule has 4 N–H and O–H groups in total. The van der Waals surface area contributed by atoms with Crippen molar-refractivity contribution in [3.8, 4) is 0 Å². The number of hydrogen-bond acceptors (Lipinski definition) is 3. The van der Waals surface area contributed by atoms with E-state index in [2.05, 4.69) is 17.6 Å². The lowest BCUT2D eigenvalue weighted by Crippen LogP contribution is -2.26. The van der Waals surface area contributed by atoms with Crippen molar-refractivity contribution >= 4 is 0 Å². The fourth-order valence-corrected chi connectivity index (χ4v) is 1.60. The van der Waals surface area contributed by atoms with Gasteiger partial charge in [-0.25, -0.2) is 0 Å². The highest BCUT2D eigenvalue weighted by atomic mass is 15.0. The van der Waals surface area contributed by atoms with Crippen LogP contribution in [0.3, 0.4) is 0 Å². The van der Waals surface area contributed by atoms with Gasteiger partial charge in [0.2, 0.25) is 0 Å². The van der Waals surface area contributed by atoms with Gasteiger partial charge in [-0.3, -0.25) is 0 Å². The summed E-state index contributed by atoms with van der Waals surface area (Å²) in [7, 11) is 0. The van der Waals surface area contributed by atoms with Crippen LogP contribution in [-0.4, -0.2) is 26.3 Å². The summed E-state index contributed by atoms with van der Waals surface area (Å²) in [6.07, 6.45) is 9.45. The van der Waals surface area contributed by atoms with E-state index < -0.39 is 0 Å². The molecule has 0 spiro atoms. The van der Waals surface area contributed by atoms with Gasteiger partial charge >= 0.3 is 0 Å². The molecule has 0 aliphatic rings. The summed E-state index contributed by atoms with van der Waals surface area (Å²) >= 11 is 0. The van der Waals surface area contributed by atoms with Gasteiger partial charge in [-0.1, -0.05) is 39.0 Å². The Kier molecular flexibility index (Phi) is 13.8. The minimum absolute atomic E-state index is 0.595. The lowest BCUT2D eigenvalue weighted by Gasteiger charge is -2.05. The molecule has 0 amide bonds. The monoisotopic (exact) mass is 215 g/mol. The quantitative estimate of drug-likeness (QED) is 0.344. The van der Waals surface area contributed by atoms with Crippen molar-refractivity contribution < 1.29 is 0 Å². The maximum absolute atomic E-state index is 5.32. The molecule has 0 aromatic carbocycles. The first-order valence-electron chi connectivity index (χ1n) is 6.53. The molecule has 0 aromatic rings. The van der Waals surface area contributed by atoms with Crippen LogP contribution in [0.2, 0.25) is 0 Å². The number of hydrogen-bond donors (Lipinski definition) is 3. The standard InChI is InChI=1S/C12H29N3/c1-2-3-4-5-6-7-9-14-10-8-11-15-12-13/h14-15H,2-13H2,1H3. The predicted octanol–water partition coefficient (Wildman–Crippen LogP) is 1.83. The van der Waals surface area contributed by atoms with E-state index in [0.29, 0.717) is 6.67 Å². The van der Waals surface area contributed by atoms with Gasteiger partial charge in [0.05, 0.1) is 0 Å². The van der Waals surface area contributed by atoms with E-state index in [1.165, 1.54) is 51.5 Å². The van der Waals surface area contributed by atoms with Crippen LogP contribution in [0.1, 0.15) is 51.9 Å². The number of unbranched alkanes of at least 4 members (excludes halogenated alkanes) is 5. The second kappa shape index (κ2) is 13.9. The second-order valence-corrected chi connectivity index (χ2v) is 4.08. The number of nitrogens with one attached hydrogen (secondary N) is 2. The average Bonchev–Trinajstić information content (AvgIpc) is 2.26. The summed E-state index contributed by atoms with van der Waals surface area (Å²) in [5, 5.41) is 6.57. The van der Waals surface area contributed by atoms with Gasteiger partial charge in [0, 0.05) is 6.67 Å². The van der Waals surface area contributed by atoms with Crippen molar-refractivity contribution in [2.45, 2.75) is 51.9 Å². The summed E-state index contributed by atoms with van der Waals surface area (Å²) < 4.78 is 0. The summed E-state index contributed by atoms with van der Waals surface area (Å²) in [6.45, 7) is 6.17. The largest absolute Gasteiger partial charge is 0.318 e. The molecular formula is C12H29N3. The Morgan fingerprint density at radius 2 is 1.33 bits per heavy atom. The van der Waals surface area contributed by atoms with Crippen LogP contribution in [0, 0.1) is 0 Å². The fraction of sp³-hybridized carbons (Fsp3) is 1.00. The van der Waals surface area contributed by atoms with Gasteiger partial charge in [-0.15, -0.1) is 0 Å². The van der Waals surface area contributed by atoms with E-state index in [-0.39, 0.29) is 0 Å². The summed E-state index contributed by atoms with van der Waals surface area (Å²) in [5.41, 5.74) is 5.32. The maximum Gasteiger partial charge on any atom is 0.0428 e. The third-order valence-electron chi connectivity index (χ3n) is 2.56. The molecule has 15 heavy (non-hydrogen) atoms. The Balaban J connectivity index is 2.81. The smallest absolute Gasteiger partial charge is 0.0428 e. The van der Waals surface area contributed by atoms with Crippen molar-refractivity contribution in [2.75, 3.05) is 26.3 Å². The lowest BCUT2D eigenvalue weighted by molar-refractivity contribution is 0.554. The molecule has 0 unspecified atom stereocenters. The molecule has 0 bridgehead atoms. The number of nitrogens with two attached hydrogens (primary N) is 1. The Labute approximate surface area is 95.2 Å². The zero-order chi connectivity index (χ0) is 11.2. The minimum Gasteiger partial charge on any atom is -0.318 e. The molecule has 0 fully saturated rings. The highest BCUT2D eigenvalue weighted by molar-refractivity contribution is 4.51. The van der Waals surface area contributed by atoms with Gasteiger partial charge in [0.15, 0.2) is 0 Å². The fourth-order valence-electron chi connectivity index (χ4n) is 1.60. The molecule has 0 aromatic heterocycles. The lowest BCUT2D eigenvalue weighted by atomic mass is 10.1. The van der Waals surface area contributed by atoms with Gasteiger partial charge in [0.1, 0.15) is 0 Å². The van der Waals surface area contributed by atoms with Gasteiger partial charge in [0.25, 0.3) is 0 Å². The molecule has 0 atom stereocenters. The Morgan fingerprint density at radius 1 is 0.733 bits per heavy atom. The van der Waals surface area contributed by atoms with Crippen molar-refractivity contribution in [1.29, 1.82) is 0 Å². The Bertz CT molecular complexity index is 95.0. The first-order valence-corrected chi connectivity index (χ1v) is 6.53. The van der Waals surface area contributed by atoms with Crippen LogP contribution in [0.4, 0.5) is 0 Å². The zero-order valence-electron chi connectivity index (χ0n) is 10.4. The van der Waals surface area contributed by atoms with Crippen molar-refractivity contribution in [3.63, 3.8) is 0 Å². The summed E-state index contributed by atoms with van der Waals surface area (Å²) in [5.74, 6) is 0. The van der Waals surface area contributed by atoms with E-state index in [9.17, 15) is 0 Å². The highest BCUT2D eigenvalue weighted by Gasteiger charge is 1.90. The molecule has 3 nitrogen and oxygen atoms in total. The minimum atomic E-state index is 0.595. The van der Waals surface area contributed by atoms with Gasteiger partial charge < -0.3 is 16.4 Å². The van der Waals surface area contributed by atoms with E-state index in [4.69, 9.17) is 5.73 Å².